The molecule has 174 valence electrons. The third-order valence-corrected chi connectivity index (χ3v) is 6.88. The van der Waals surface area contributed by atoms with Crippen molar-refractivity contribution < 1.29 is 19.0 Å². The Kier molecular flexibility index (Phi) is 7.72. The number of piperidine rings is 1. The van der Waals surface area contributed by atoms with E-state index in [0.29, 0.717) is 58.8 Å². The zero-order valence-electron chi connectivity index (χ0n) is 18.9. The van der Waals surface area contributed by atoms with Crippen LogP contribution >= 0.6 is 11.5 Å². The van der Waals surface area contributed by atoms with E-state index in [1.807, 2.05) is 4.90 Å². The molecule has 0 N–H and O–H groups in total. The van der Waals surface area contributed by atoms with Gasteiger partial charge in [0.1, 0.15) is 5.82 Å². The molecule has 2 saturated heterocycles. The second-order valence-electron chi connectivity index (χ2n) is 8.37. The normalized spacial score (nSPS) is 17.8. The van der Waals surface area contributed by atoms with Crippen LogP contribution in [-0.4, -0.2) is 79.1 Å². The predicted molar refractivity (Wildman–Crippen MR) is 123 cm³/mol. The Morgan fingerprint density at radius 2 is 1.91 bits per heavy atom. The molecule has 0 bridgehead atoms. The lowest BCUT2D eigenvalue weighted by atomic mass is 10.0. The highest BCUT2D eigenvalue weighted by Gasteiger charge is 2.40. The van der Waals surface area contributed by atoms with Crippen molar-refractivity contribution in [2.24, 2.45) is 0 Å². The summed E-state index contributed by atoms with van der Waals surface area (Å²) in [4.78, 5) is 21.6. The second-order valence-corrected chi connectivity index (χ2v) is 9.10. The van der Waals surface area contributed by atoms with Crippen molar-refractivity contribution in [3.05, 3.63) is 41.2 Å². The quantitative estimate of drug-likeness (QED) is 0.569. The molecule has 1 amide bonds. The van der Waals surface area contributed by atoms with Crippen molar-refractivity contribution in [3.63, 3.8) is 0 Å². The minimum Gasteiger partial charge on any atom is -0.383 e. The number of hydrogen-bond donors (Lipinski definition) is 0. The van der Waals surface area contributed by atoms with E-state index >= 15 is 0 Å². The van der Waals surface area contributed by atoms with Gasteiger partial charge < -0.3 is 24.0 Å². The van der Waals surface area contributed by atoms with E-state index in [9.17, 15) is 4.79 Å². The number of aromatic nitrogens is 2. The molecule has 0 saturated carbocycles. The minimum absolute atomic E-state index is 0.157. The van der Waals surface area contributed by atoms with Crippen LogP contribution in [0.25, 0.3) is 0 Å². The first kappa shape index (κ1) is 23.1. The topological polar surface area (TPSA) is 77.0 Å². The average Bonchev–Trinajstić information content (AvgIpc) is 3.46. The molecule has 32 heavy (non-hydrogen) atoms. The lowest BCUT2D eigenvalue weighted by molar-refractivity contribution is -0.187. The van der Waals surface area contributed by atoms with Gasteiger partial charge in [0.2, 0.25) is 11.0 Å². The molecule has 9 heteroatoms. The highest BCUT2D eigenvalue weighted by atomic mass is 32.1. The molecule has 0 unspecified atom stereocenters. The van der Waals surface area contributed by atoms with E-state index in [2.05, 4.69) is 40.5 Å². The van der Waals surface area contributed by atoms with E-state index in [4.69, 9.17) is 19.2 Å². The Morgan fingerprint density at radius 1 is 1.19 bits per heavy atom. The van der Waals surface area contributed by atoms with Crippen LogP contribution in [0.5, 0.6) is 0 Å². The highest BCUT2D eigenvalue weighted by molar-refractivity contribution is 7.09. The third kappa shape index (κ3) is 5.83. The molecule has 1 aromatic carbocycles. The van der Waals surface area contributed by atoms with Crippen molar-refractivity contribution >= 4 is 22.6 Å². The molecule has 0 atom stereocenters. The fourth-order valence-corrected chi connectivity index (χ4v) is 4.85. The van der Waals surface area contributed by atoms with Crippen LogP contribution in [-0.2, 0) is 25.4 Å². The molecule has 3 heterocycles. The maximum absolute atomic E-state index is 12.8. The van der Waals surface area contributed by atoms with Crippen molar-refractivity contribution in [3.8, 4) is 0 Å². The Morgan fingerprint density at radius 3 is 2.59 bits per heavy atom. The number of aryl methyl sites for hydroxylation is 1. The van der Waals surface area contributed by atoms with Gasteiger partial charge in [0.15, 0.2) is 5.79 Å². The average molecular weight is 461 g/mol. The van der Waals surface area contributed by atoms with Gasteiger partial charge >= 0.3 is 0 Å². The molecule has 2 aromatic rings. The molecule has 1 spiro atoms. The summed E-state index contributed by atoms with van der Waals surface area (Å²) >= 11 is 1.38. The fraction of sp³-hybridized carbons (Fsp3) is 0.609. The Bertz CT molecular complexity index is 872. The SMILES string of the molecule is COCCN(CCC(=O)N1CCC2(CC1)OCCO2)c1nc(Cc2ccc(C)cc2)ns1. The number of carbonyl (C=O) groups excluding carboxylic acids is 1. The van der Waals surface area contributed by atoms with Gasteiger partial charge in [-0.1, -0.05) is 29.8 Å². The molecular weight excluding hydrogens is 428 g/mol. The van der Waals surface area contributed by atoms with Crippen LogP contribution in [0.2, 0.25) is 0 Å². The maximum Gasteiger partial charge on any atom is 0.224 e. The van der Waals surface area contributed by atoms with Crippen LogP contribution in [0.4, 0.5) is 5.13 Å². The third-order valence-electron chi connectivity index (χ3n) is 6.06. The van der Waals surface area contributed by atoms with Crippen molar-refractivity contribution in [1.82, 2.24) is 14.3 Å². The highest BCUT2D eigenvalue weighted by Crippen LogP contribution is 2.31. The number of amides is 1. The summed E-state index contributed by atoms with van der Waals surface area (Å²) < 4.78 is 21.3. The standard InChI is InChI=1S/C23H32N4O4S/c1-18-3-5-19(6-4-18)17-20-24-22(32-25-20)27(13-14-29-2)10-7-21(28)26-11-8-23(9-12-26)30-15-16-31-23/h3-6H,7-17H2,1-2H3. The number of anilines is 1. The first-order chi connectivity index (χ1) is 15.6. The molecule has 0 radical (unpaired) electrons. The first-order valence-electron chi connectivity index (χ1n) is 11.2. The van der Waals surface area contributed by atoms with E-state index in [0.717, 1.165) is 23.8 Å². The number of carbonyl (C=O) groups is 1. The molecule has 2 aliphatic rings. The van der Waals surface area contributed by atoms with Gasteiger partial charge in [0, 0.05) is 70.5 Å². The summed E-state index contributed by atoms with van der Waals surface area (Å²) in [5, 5.41) is 0.835. The molecule has 8 nitrogen and oxygen atoms in total. The van der Waals surface area contributed by atoms with Crippen molar-refractivity contribution in [1.29, 1.82) is 0 Å². The lowest BCUT2D eigenvalue weighted by Gasteiger charge is -2.37. The zero-order valence-corrected chi connectivity index (χ0v) is 19.7. The molecule has 2 aliphatic heterocycles. The molecular formula is C23H32N4O4S. The summed E-state index contributed by atoms with van der Waals surface area (Å²) in [6.07, 6.45) is 2.62. The Labute approximate surface area is 193 Å². The smallest absolute Gasteiger partial charge is 0.224 e. The van der Waals surface area contributed by atoms with Gasteiger partial charge in [-0.25, -0.2) is 4.98 Å². The molecule has 2 fully saturated rings. The number of benzene rings is 1. The Balaban J connectivity index is 1.31. The first-order valence-corrected chi connectivity index (χ1v) is 12.0. The van der Waals surface area contributed by atoms with E-state index in [1.54, 1.807) is 7.11 Å². The van der Waals surface area contributed by atoms with Crippen LogP contribution in [0.3, 0.4) is 0 Å². The fourth-order valence-electron chi connectivity index (χ4n) is 4.11. The monoisotopic (exact) mass is 460 g/mol. The van der Waals surface area contributed by atoms with Crippen molar-refractivity contribution in [2.45, 2.75) is 38.4 Å². The van der Waals surface area contributed by atoms with Crippen LogP contribution < -0.4 is 4.90 Å². The van der Waals surface area contributed by atoms with Gasteiger partial charge in [0.25, 0.3) is 0 Å². The van der Waals surface area contributed by atoms with Gasteiger partial charge in [-0.15, -0.1) is 0 Å². The van der Waals surface area contributed by atoms with Crippen molar-refractivity contribution in [2.75, 3.05) is 58.0 Å². The predicted octanol–water partition coefficient (Wildman–Crippen LogP) is 2.65. The molecule has 0 aliphatic carbocycles. The van der Waals surface area contributed by atoms with Gasteiger partial charge in [-0.2, -0.15) is 4.37 Å². The second kappa shape index (κ2) is 10.7. The summed E-state index contributed by atoms with van der Waals surface area (Å²) in [5.74, 6) is 0.506. The number of methoxy groups -OCH3 is 1. The van der Waals surface area contributed by atoms with Gasteiger partial charge in [-0.3, -0.25) is 4.79 Å². The van der Waals surface area contributed by atoms with Crippen LogP contribution in [0.15, 0.2) is 24.3 Å². The van der Waals surface area contributed by atoms with E-state index in [1.165, 1.54) is 22.7 Å². The zero-order chi connectivity index (χ0) is 22.4. The minimum atomic E-state index is -0.457. The van der Waals surface area contributed by atoms with Crippen LogP contribution in [0, 0.1) is 6.92 Å². The summed E-state index contributed by atoms with van der Waals surface area (Å²) in [5.41, 5.74) is 2.43. The molecule has 4 rings (SSSR count). The van der Waals surface area contributed by atoms with Crippen LogP contribution in [0.1, 0.15) is 36.2 Å². The van der Waals surface area contributed by atoms with E-state index in [-0.39, 0.29) is 5.91 Å². The van der Waals surface area contributed by atoms with Gasteiger partial charge in [-0.05, 0) is 12.5 Å². The Hall–Kier alpha value is -2.07. The maximum atomic E-state index is 12.8. The number of ether oxygens (including phenoxy) is 3. The molecule has 1 aromatic heterocycles. The number of likely N-dealkylation sites (tertiary alicyclic amines) is 1. The van der Waals surface area contributed by atoms with Gasteiger partial charge in [0.05, 0.1) is 19.8 Å². The number of nitrogens with zero attached hydrogens (tertiary/aromatic N) is 4. The summed E-state index contributed by atoms with van der Waals surface area (Å²) in [6.45, 7) is 6.57. The summed E-state index contributed by atoms with van der Waals surface area (Å²) in [7, 11) is 1.68. The lowest BCUT2D eigenvalue weighted by Crippen LogP contribution is -2.47. The largest absolute Gasteiger partial charge is 0.383 e. The number of hydrogen-bond acceptors (Lipinski definition) is 8. The number of rotatable bonds is 9. The van der Waals surface area contributed by atoms with E-state index < -0.39 is 5.79 Å². The summed E-state index contributed by atoms with van der Waals surface area (Å²) in [6, 6.07) is 8.43.